The second-order valence-corrected chi connectivity index (χ2v) is 18.6. The van der Waals surface area contributed by atoms with E-state index in [0.29, 0.717) is 11.6 Å². The number of aromatic nitrogens is 8. The third-order valence-electron chi connectivity index (χ3n) is 14.6. The van der Waals surface area contributed by atoms with E-state index in [9.17, 15) is 0 Å². The molecular formula is C66H42N8. The molecule has 0 N–H and O–H groups in total. The van der Waals surface area contributed by atoms with Gasteiger partial charge in [0.25, 0.3) is 0 Å². The normalized spacial score (nSPS) is 11.8. The lowest BCUT2D eigenvalue weighted by molar-refractivity contribution is 0.966. The predicted octanol–water partition coefficient (Wildman–Crippen LogP) is 16.0. The number of benzene rings is 9. The lowest BCUT2D eigenvalue weighted by Crippen LogP contribution is -2.07. The van der Waals surface area contributed by atoms with E-state index in [-0.39, 0.29) is 0 Å². The minimum atomic E-state index is 0.677. The Morgan fingerprint density at radius 1 is 0.216 bits per heavy atom. The van der Waals surface area contributed by atoms with Gasteiger partial charge in [-0.05, 0) is 46.5 Å². The summed E-state index contributed by atoms with van der Waals surface area (Å²) in [5, 5.41) is 6.79. The molecule has 0 aliphatic carbocycles. The molecule has 0 radical (unpaired) electrons. The van der Waals surface area contributed by atoms with Crippen LogP contribution in [0, 0.1) is 0 Å². The molecule has 0 bridgehead atoms. The Labute approximate surface area is 425 Å². The first-order chi connectivity index (χ1) is 36.8. The van der Waals surface area contributed by atoms with Crippen molar-refractivity contribution in [3.8, 4) is 68.0 Å². The highest BCUT2D eigenvalue weighted by Gasteiger charge is 2.30. The number of nitrogens with zero attached hydrogens (tertiary/aromatic N) is 8. The smallest absolute Gasteiger partial charge is 0.156 e. The molecule has 15 rings (SSSR count). The second-order valence-electron chi connectivity index (χ2n) is 18.6. The first kappa shape index (κ1) is 41.6. The van der Waals surface area contributed by atoms with Gasteiger partial charge < -0.3 is 0 Å². The first-order valence-electron chi connectivity index (χ1n) is 24.9. The van der Waals surface area contributed by atoms with E-state index in [0.717, 1.165) is 100 Å². The van der Waals surface area contributed by atoms with E-state index in [2.05, 4.69) is 249 Å². The molecule has 6 heterocycles. The van der Waals surface area contributed by atoms with Gasteiger partial charge in [-0.25, -0.2) is 19.9 Å². The van der Waals surface area contributed by atoms with Crippen molar-refractivity contribution in [2.24, 2.45) is 0 Å². The van der Waals surface area contributed by atoms with Gasteiger partial charge >= 0.3 is 0 Å². The van der Waals surface area contributed by atoms with Gasteiger partial charge in [0.2, 0.25) is 0 Å². The quantitative estimate of drug-likeness (QED) is 0.152. The molecule has 0 amide bonds. The molecule has 74 heavy (non-hydrogen) atoms. The van der Waals surface area contributed by atoms with Crippen LogP contribution in [0.5, 0.6) is 0 Å². The van der Waals surface area contributed by atoms with E-state index in [1.54, 1.807) is 0 Å². The molecule has 0 aliphatic heterocycles. The molecule has 0 spiro atoms. The van der Waals surface area contributed by atoms with E-state index in [1.807, 2.05) is 24.8 Å². The average Bonchev–Trinajstić information content (AvgIpc) is 4.23. The molecule has 8 heteroatoms. The van der Waals surface area contributed by atoms with Crippen LogP contribution in [0.15, 0.2) is 255 Å². The van der Waals surface area contributed by atoms with Gasteiger partial charge in [-0.15, -0.1) is 0 Å². The Balaban J connectivity index is 1.07. The van der Waals surface area contributed by atoms with Crippen molar-refractivity contribution in [3.05, 3.63) is 255 Å². The van der Waals surface area contributed by atoms with Crippen molar-refractivity contribution in [2.45, 2.75) is 0 Å². The van der Waals surface area contributed by atoms with Crippen molar-refractivity contribution in [1.29, 1.82) is 0 Å². The molecule has 15 aromatic rings. The zero-order valence-corrected chi connectivity index (χ0v) is 39.8. The SMILES string of the molecule is c1ccc(-c2c(-c3ccccc3)n(-c3cnc(-n4c5ccccc5c5ccccc54)cn3)c3c2ccc2c(-c4ccccc4)c(-c4ccccc4)n(-c4cnc(-n5c6ccccc6c6ccccc65)cn4)c23)cc1. The number of rotatable bonds is 8. The molecule has 8 nitrogen and oxygen atoms in total. The van der Waals surface area contributed by atoms with Crippen molar-refractivity contribution in [1.82, 2.24) is 38.2 Å². The number of hydrogen-bond donors (Lipinski definition) is 0. The molecule has 0 saturated carbocycles. The topological polar surface area (TPSA) is 71.3 Å². The summed E-state index contributed by atoms with van der Waals surface area (Å²) in [5.41, 5.74) is 14.7. The summed E-state index contributed by atoms with van der Waals surface area (Å²) < 4.78 is 9.09. The summed E-state index contributed by atoms with van der Waals surface area (Å²) in [7, 11) is 0. The van der Waals surface area contributed by atoms with Crippen LogP contribution in [0.25, 0.3) is 133 Å². The summed E-state index contributed by atoms with van der Waals surface area (Å²) in [6.07, 6.45) is 7.70. The summed E-state index contributed by atoms with van der Waals surface area (Å²) >= 11 is 0. The van der Waals surface area contributed by atoms with Crippen LogP contribution in [-0.2, 0) is 0 Å². The molecule has 0 fully saturated rings. The predicted molar refractivity (Wildman–Crippen MR) is 302 cm³/mol. The fourth-order valence-corrected chi connectivity index (χ4v) is 11.6. The summed E-state index contributed by atoms with van der Waals surface area (Å²) in [6.45, 7) is 0. The minimum Gasteiger partial charge on any atom is -0.293 e. The Hall–Kier alpha value is -10.2. The standard InChI is InChI=1S/C66H42N8/c1-5-21-43(22-6-1)61-51-37-38-52-62(44-23-7-2-8-24-44)64(46-27-11-4-12-28-46)74(60-42-68-58(40-70-60)72-55-35-19-15-31-49(55)50-32-16-20-36-56(50)72)66(52)65(51)73(63(61)45-25-9-3-10-26-45)59-41-67-57(39-69-59)71-53-33-17-13-29-47(53)48-30-14-18-34-54(48)71/h1-42H. The molecule has 0 atom stereocenters. The van der Waals surface area contributed by atoms with E-state index in [4.69, 9.17) is 19.9 Å². The van der Waals surface area contributed by atoms with Gasteiger partial charge in [0, 0.05) is 43.4 Å². The van der Waals surface area contributed by atoms with E-state index in [1.165, 1.54) is 21.5 Å². The molecule has 0 saturated heterocycles. The maximum Gasteiger partial charge on any atom is 0.156 e. The van der Waals surface area contributed by atoms with Gasteiger partial charge in [0.1, 0.15) is 0 Å². The summed E-state index contributed by atoms with van der Waals surface area (Å²) in [4.78, 5) is 21.5. The summed E-state index contributed by atoms with van der Waals surface area (Å²) in [5.74, 6) is 2.82. The van der Waals surface area contributed by atoms with Gasteiger partial charge in [0.05, 0.1) is 69.3 Å². The second kappa shape index (κ2) is 16.7. The van der Waals surface area contributed by atoms with Crippen molar-refractivity contribution in [3.63, 3.8) is 0 Å². The van der Waals surface area contributed by atoms with Crippen LogP contribution in [0.3, 0.4) is 0 Å². The van der Waals surface area contributed by atoms with Gasteiger partial charge in [-0.3, -0.25) is 18.3 Å². The molecule has 0 aliphatic rings. The van der Waals surface area contributed by atoms with Crippen LogP contribution in [-0.4, -0.2) is 38.2 Å². The third kappa shape index (κ3) is 6.28. The van der Waals surface area contributed by atoms with Gasteiger partial charge in [-0.2, -0.15) is 0 Å². The molecular weight excluding hydrogens is 905 g/mol. The fraction of sp³-hybridized carbons (Fsp3) is 0. The average molecular weight is 947 g/mol. The highest BCUT2D eigenvalue weighted by atomic mass is 15.2. The lowest BCUT2D eigenvalue weighted by atomic mass is 9.96. The van der Waals surface area contributed by atoms with Crippen molar-refractivity contribution in [2.75, 3.05) is 0 Å². The van der Waals surface area contributed by atoms with Crippen LogP contribution < -0.4 is 0 Å². The molecule has 0 unspecified atom stereocenters. The summed E-state index contributed by atoms with van der Waals surface area (Å²) in [6, 6.07) is 81.4. The zero-order valence-electron chi connectivity index (χ0n) is 39.8. The van der Waals surface area contributed by atoms with Crippen molar-refractivity contribution >= 4 is 65.4 Å². The molecule has 6 aromatic heterocycles. The van der Waals surface area contributed by atoms with Crippen LogP contribution >= 0.6 is 0 Å². The van der Waals surface area contributed by atoms with Gasteiger partial charge in [-0.1, -0.05) is 206 Å². The molecule has 9 aromatic carbocycles. The van der Waals surface area contributed by atoms with Crippen LogP contribution in [0.4, 0.5) is 0 Å². The molecule has 346 valence electrons. The van der Waals surface area contributed by atoms with Gasteiger partial charge in [0.15, 0.2) is 23.3 Å². The number of fused-ring (bicyclic) bond motifs is 9. The first-order valence-corrected chi connectivity index (χ1v) is 24.9. The minimum absolute atomic E-state index is 0.677. The monoisotopic (exact) mass is 946 g/mol. The Kier molecular flexibility index (Phi) is 9.40. The maximum atomic E-state index is 5.45. The maximum absolute atomic E-state index is 5.45. The zero-order chi connectivity index (χ0) is 48.7. The number of hydrogen-bond acceptors (Lipinski definition) is 4. The largest absolute Gasteiger partial charge is 0.293 e. The Morgan fingerprint density at radius 3 is 0.770 bits per heavy atom. The Bertz CT molecular complexity index is 4210. The highest BCUT2D eigenvalue weighted by Crippen LogP contribution is 2.50. The van der Waals surface area contributed by atoms with E-state index < -0.39 is 0 Å². The lowest BCUT2D eigenvalue weighted by Gasteiger charge is -2.16. The third-order valence-corrected chi connectivity index (χ3v) is 14.6. The van der Waals surface area contributed by atoms with Crippen molar-refractivity contribution < 1.29 is 0 Å². The van der Waals surface area contributed by atoms with E-state index >= 15 is 0 Å². The van der Waals surface area contributed by atoms with Crippen LogP contribution in [0.2, 0.25) is 0 Å². The number of para-hydroxylation sites is 4. The Morgan fingerprint density at radius 2 is 0.473 bits per heavy atom. The van der Waals surface area contributed by atoms with Crippen LogP contribution in [0.1, 0.15) is 0 Å². The highest BCUT2D eigenvalue weighted by molar-refractivity contribution is 6.20. The fourth-order valence-electron chi connectivity index (χ4n) is 11.6.